The van der Waals surface area contributed by atoms with Crippen LogP contribution in [0.2, 0.25) is 0 Å². The number of likely N-dealkylation sites (N-methyl/N-ethyl adjacent to an activating group) is 1. The predicted octanol–water partition coefficient (Wildman–Crippen LogP) is 2.17. The van der Waals surface area contributed by atoms with Crippen molar-refractivity contribution in [3.05, 3.63) is 24.3 Å². The molecule has 0 bridgehead atoms. The summed E-state index contributed by atoms with van der Waals surface area (Å²) in [7, 11) is 2.16. The summed E-state index contributed by atoms with van der Waals surface area (Å²) in [6.07, 6.45) is 1.13. The van der Waals surface area contributed by atoms with Crippen molar-refractivity contribution in [1.82, 2.24) is 0 Å². The predicted molar refractivity (Wildman–Crippen MR) is 84.3 cm³/mol. The fourth-order valence-electron chi connectivity index (χ4n) is 2.76. The van der Waals surface area contributed by atoms with Crippen molar-refractivity contribution >= 4 is 23.8 Å². The Balaban J connectivity index is 0.00000147. The van der Waals surface area contributed by atoms with Crippen LogP contribution in [0.5, 0.6) is 0 Å². The van der Waals surface area contributed by atoms with Gasteiger partial charge in [0.15, 0.2) is 0 Å². The van der Waals surface area contributed by atoms with Crippen molar-refractivity contribution in [3.63, 3.8) is 0 Å². The Kier molecular flexibility index (Phi) is 5.52. The molecular formula is C15H23ClN2O2. The highest BCUT2D eigenvalue weighted by atomic mass is 35.5. The first-order valence-corrected chi connectivity index (χ1v) is 7.08. The van der Waals surface area contributed by atoms with E-state index in [0.717, 1.165) is 45.9 Å². The number of halogens is 1. The van der Waals surface area contributed by atoms with Gasteiger partial charge in [0, 0.05) is 38.1 Å². The van der Waals surface area contributed by atoms with Crippen LogP contribution in [-0.4, -0.2) is 52.6 Å². The zero-order valence-electron chi connectivity index (χ0n) is 12.0. The number of hydrogen-bond acceptors (Lipinski definition) is 4. The van der Waals surface area contributed by atoms with E-state index in [0.29, 0.717) is 6.04 Å². The molecule has 2 heterocycles. The molecule has 0 N–H and O–H groups in total. The molecule has 1 atom stereocenters. The second-order valence-electron chi connectivity index (χ2n) is 5.24. The molecule has 0 unspecified atom stereocenters. The Morgan fingerprint density at radius 1 is 1.05 bits per heavy atom. The molecule has 1 aromatic rings. The molecule has 0 saturated carbocycles. The number of ether oxygens (including phenoxy) is 2. The number of hydrogen-bond donors (Lipinski definition) is 0. The molecule has 3 rings (SSSR count). The standard InChI is InChI=1S/C15H22N2O2.ClH/c1-16(15-6-9-19-12-15)13-2-4-14(5-3-13)17-7-10-18-11-8-17;/h2-5,15H,6-12H2,1H3;1H/t15-;/m1./s1. The van der Waals surface area contributed by atoms with Gasteiger partial charge in [0.25, 0.3) is 0 Å². The summed E-state index contributed by atoms with van der Waals surface area (Å²) >= 11 is 0. The van der Waals surface area contributed by atoms with Gasteiger partial charge in [0.05, 0.1) is 25.9 Å². The van der Waals surface area contributed by atoms with Crippen LogP contribution in [0, 0.1) is 0 Å². The maximum atomic E-state index is 5.45. The summed E-state index contributed by atoms with van der Waals surface area (Å²) in [6, 6.07) is 9.38. The van der Waals surface area contributed by atoms with E-state index in [9.17, 15) is 0 Å². The summed E-state index contributed by atoms with van der Waals surface area (Å²) in [6.45, 7) is 5.39. The lowest BCUT2D eigenvalue weighted by atomic mass is 10.2. The van der Waals surface area contributed by atoms with E-state index in [1.165, 1.54) is 11.4 Å². The average molecular weight is 299 g/mol. The second kappa shape index (κ2) is 7.16. The van der Waals surface area contributed by atoms with E-state index in [-0.39, 0.29) is 12.4 Å². The summed E-state index contributed by atoms with van der Waals surface area (Å²) in [5.74, 6) is 0. The van der Waals surface area contributed by atoms with Crippen LogP contribution < -0.4 is 9.80 Å². The number of anilines is 2. The van der Waals surface area contributed by atoms with E-state index in [2.05, 4.69) is 41.1 Å². The molecule has 5 heteroatoms. The SMILES string of the molecule is CN(c1ccc(N2CCOCC2)cc1)[C@@H]1CCOC1.Cl. The van der Waals surface area contributed by atoms with Crippen molar-refractivity contribution < 1.29 is 9.47 Å². The van der Waals surface area contributed by atoms with Crippen LogP contribution in [0.4, 0.5) is 11.4 Å². The normalized spacial score (nSPS) is 22.4. The van der Waals surface area contributed by atoms with Gasteiger partial charge in [-0.1, -0.05) is 0 Å². The van der Waals surface area contributed by atoms with E-state index in [1.54, 1.807) is 0 Å². The highest BCUT2D eigenvalue weighted by molar-refractivity contribution is 5.85. The Morgan fingerprint density at radius 3 is 2.35 bits per heavy atom. The van der Waals surface area contributed by atoms with Gasteiger partial charge in [-0.2, -0.15) is 0 Å². The molecular weight excluding hydrogens is 276 g/mol. The average Bonchev–Trinajstić information content (AvgIpc) is 3.02. The molecule has 0 amide bonds. The summed E-state index contributed by atoms with van der Waals surface area (Å²) in [5.41, 5.74) is 2.57. The van der Waals surface area contributed by atoms with Gasteiger partial charge in [-0.05, 0) is 30.7 Å². The zero-order chi connectivity index (χ0) is 13.1. The molecule has 2 fully saturated rings. The van der Waals surface area contributed by atoms with Crippen molar-refractivity contribution in [3.8, 4) is 0 Å². The van der Waals surface area contributed by atoms with Crippen molar-refractivity contribution in [2.75, 3.05) is 56.4 Å². The Labute approximate surface area is 127 Å². The molecule has 0 radical (unpaired) electrons. The molecule has 20 heavy (non-hydrogen) atoms. The molecule has 4 nitrogen and oxygen atoms in total. The van der Waals surface area contributed by atoms with E-state index < -0.39 is 0 Å². The van der Waals surface area contributed by atoms with Crippen molar-refractivity contribution in [2.24, 2.45) is 0 Å². The highest BCUT2D eigenvalue weighted by Gasteiger charge is 2.20. The minimum Gasteiger partial charge on any atom is -0.379 e. The fraction of sp³-hybridized carbons (Fsp3) is 0.600. The van der Waals surface area contributed by atoms with Gasteiger partial charge in [-0.25, -0.2) is 0 Å². The lowest BCUT2D eigenvalue weighted by molar-refractivity contribution is 0.122. The molecule has 0 aromatic heterocycles. The van der Waals surface area contributed by atoms with Crippen LogP contribution >= 0.6 is 12.4 Å². The zero-order valence-corrected chi connectivity index (χ0v) is 12.8. The highest BCUT2D eigenvalue weighted by Crippen LogP contribution is 2.24. The third-order valence-electron chi connectivity index (χ3n) is 4.09. The first-order chi connectivity index (χ1) is 9.34. The van der Waals surface area contributed by atoms with Gasteiger partial charge in [-0.15, -0.1) is 12.4 Å². The van der Waals surface area contributed by atoms with Crippen LogP contribution in [-0.2, 0) is 9.47 Å². The minimum atomic E-state index is 0. The smallest absolute Gasteiger partial charge is 0.0670 e. The molecule has 2 saturated heterocycles. The van der Waals surface area contributed by atoms with Gasteiger partial charge < -0.3 is 19.3 Å². The molecule has 112 valence electrons. The van der Waals surface area contributed by atoms with E-state index in [1.807, 2.05) is 0 Å². The molecule has 1 aromatic carbocycles. The van der Waals surface area contributed by atoms with Gasteiger partial charge >= 0.3 is 0 Å². The van der Waals surface area contributed by atoms with Crippen LogP contribution in [0.15, 0.2) is 24.3 Å². The number of rotatable bonds is 3. The third-order valence-corrected chi connectivity index (χ3v) is 4.09. The maximum Gasteiger partial charge on any atom is 0.0670 e. The Morgan fingerprint density at radius 2 is 1.75 bits per heavy atom. The third kappa shape index (κ3) is 3.37. The molecule has 2 aliphatic rings. The summed E-state index contributed by atoms with van der Waals surface area (Å²) in [4.78, 5) is 4.71. The van der Waals surface area contributed by atoms with Crippen LogP contribution in [0.3, 0.4) is 0 Å². The van der Waals surface area contributed by atoms with Gasteiger partial charge in [0.1, 0.15) is 0 Å². The van der Waals surface area contributed by atoms with Gasteiger partial charge in [0.2, 0.25) is 0 Å². The van der Waals surface area contributed by atoms with E-state index >= 15 is 0 Å². The quantitative estimate of drug-likeness (QED) is 0.854. The lowest BCUT2D eigenvalue weighted by Gasteiger charge is -2.30. The van der Waals surface area contributed by atoms with Crippen molar-refractivity contribution in [2.45, 2.75) is 12.5 Å². The van der Waals surface area contributed by atoms with Gasteiger partial charge in [-0.3, -0.25) is 0 Å². The monoisotopic (exact) mass is 298 g/mol. The Bertz CT molecular complexity index is 401. The summed E-state index contributed by atoms with van der Waals surface area (Å²) in [5, 5.41) is 0. The first-order valence-electron chi connectivity index (χ1n) is 7.08. The molecule has 0 spiro atoms. The largest absolute Gasteiger partial charge is 0.379 e. The first kappa shape index (κ1) is 15.4. The lowest BCUT2D eigenvalue weighted by Crippen LogP contribution is -2.36. The Hall–Kier alpha value is -0.970. The topological polar surface area (TPSA) is 24.9 Å². The van der Waals surface area contributed by atoms with Crippen molar-refractivity contribution in [1.29, 1.82) is 0 Å². The van der Waals surface area contributed by atoms with E-state index in [4.69, 9.17) is 9.47 Å². The minimum absolute atomic E-state index is 0. The maximum absolute atomic E-state index is 5.45. The number of benzene rings is 1. The number of morpholine rings is 1. The summed E-state index contributed by atoms with van der Waals surface area (Å²) < 4.78 is 10.8. The molecule has 0 aliphatic carbocycles. The van der Waals surface area contributed by atoms with Crippen LogP contribution in [0.25, 0.3) is 0 Å². The molecule has 2 aliphatic heterocycles. The van der Waals surface area contributed by atoms with Crippen LogP contribution in [0.1, 0.15) is 6.42 Å². The number of nitrogens with zero attached hydrogens (tertiary/aromatic N) is 2. The second-order valence-corrected chi connectivity index (χ2v) is 5.24. The fourth-order valence-corrected chi connectivity index (χ4v) is 2.76.